The standard InChI is InChI=1S/C17H27NO3/c1-12(2)21-17-11-15(19-3)13(10-16(17)20-4)9-14-7-5-6-8-18-14/h10-12,14,18H,5-9H2,1-4H3. The number of ether oxygens (including phenoxy) is 3. The van der Waals surface area contributed by atoms with Crippen LogP contribution in [0.25, 0.3) is 0 Å². The molecule has 0 radical (unpaired) electrons. The number of piperidine rings is 1. The first-order valence-corrected chi connectivity index (χ1v) is 7.79. The van der Waals surface area contributed by atoms with E-state index in [2.05, 4.69) is 5.32 Å². The predicted molar refractivity (Wildman–Crippen MR) is 84.7 cm³/mol. The zero-order chi connectivity index (χ0) is 15.2. The molecular formula is C17H27NO3. The van der Waals surface area contributed by atoms with Gasteiger partial charge >= 0.3 is 0 Å². The molecule has 1 heterocycles. The number of hydrogen-bond donors (Lipinski definition) is 1. The van der Waals surface area contributed by atoms with E-state index in [1.807, 2.05) is 26.0 Å². The maximum Gasteiger partial charge on any atom is 0.165 e. The van der Waals surface area contributed by atoms with Gasteiger partial charge in [-0.15, -0.1) is 0 Å². The van der Waals surface area contributed by atoms with E-state index in [9.17, 15) is 0 Å². The van der Waals surface area contributed by atoms with Gasteiger partial charge in [0.15, 0.2) is 11.5 Å². The number of rotatable bonds is 6. The molecule has 1 aliphatic heterocycles. The number of nitrogens with one attached hydrogen (secondary N) is 1. The Balaban J connectivity index is 2.22. The van der Waals surface area contributed by atoms with Gasteiger partial charge in [-0.25, -0.2) is 0 Å². The van der Waals surface area contributed by atoms with Crippen molar-refractivity contribution in [3.63, 3.8) is 0 Å². The van der Waals surface area contributed by atoms with Crippen molar-refractivity contribution >= 4 is 0 Å². The number of benzene rings is 1. The van der Waals surface area contributed by atoms with Gasteiger partial charge < -0.3 is 19.5 Å². The fraction of sp³-hybridized carbons (Fsp3) is 0.647. The average molecular weight is 293 g/mol. The molecule has 2 rings (SSSR count). The Morgan fingerprint density at radius 2 is 1.86 bits per heavy atom. The van der Waals surface area contributed by atoms with Gasteiger partial charge in [0.2, 0.25) is 0 Å². The van der Waals surface area contributed by atoms with Gasteiger partial charge in [-0.1, -0.05) is 6.42 Å². The SMILES string of the molecule is COc1cc(OC(C)C)c(OC)cc1CC1CCCCN1. The Morgan fingerprint density at radius 3 is 2.43 bits per heavy atom. The first-order valence-electron chi connectivity index (χ1n) is 7.79. The summed E-state index contributed by atoms with van der Waals surface area (Å²) in [6, 6.07) is 4.51. The van der Waals surface area contributed by atoms with Crippen LogP contribution in [0, 0.1) is 0 Å². The Morgan fingerprint density at radius 1 is 1.10 bits per heavy atom. The van der Waals surface area contributed by atoms with Crippen LogP contribution in [-0.2, 0) is 6.42 Å². The van der Waals surface area contributed by atoms with Crippen molar-refractivity contribution in [2.75, 3.05) is 20.8 Å². The van der Waals surface area contributed by atoms with Gasteiger partial charge in [-0.3, -0.25) is 0 Å². The summed E-state index contributed by atoms with van der Waals surface area (Å²) in [5.74, 6) is 2.39. The van der Waals surface area contributed by atoms with Gasteiger partial charge in [0.1, 0.15) is 5.75 Å². The van der Waals surface area contributed by atoms with E-state index in [-0.39, 0.29) is 6.10 Å². The molecule has 4 heteroatoms. The number of methoxy groups -OCH3 is 2. The van der Waals surface area contributed by atoms with E-state index in [4.69, 9.17) is 14.2 Å². The highest BCUT2D eigenvalue weighted by atomic mass is 16.5. The molecule has 0 bridgehead atoms. The molecule has 0 aromatic heterocycles. The Labute approximate surface area is 127 Å². The molecule has 1 aliphatic rings. The van der Waals surface area contributed by atoms with Crippen LogP contribution in [0.4, 0.5) is 0 Å². The molecule has 1 aromatic rings. The maximum absolute atomic E-state index is 5.80. The average Bonchev–Trinajstić information content (AvgIpc) is 2.48. The minimum Gasteiger partial charge on any atom is -0.496 e. The summed E-state index contributed by atoms with van der Waals surface area (Å²) in [6.45, 7) is 5.12. The van der Waals surface area contributed by atoms with Crippen molar-refractivity contribution in [1.29, 1.82) is 0 Å². The van der Waals surface area contributed by atoms with Gasteiger partial charge in [-0.05, 0) is 51.3 Å². The fourth-order valence-electron chi connectivity index (χ4n) is 2.80. The quantitative estimate of drug-likeness (QED) is 0.874. The molecule has 1 N–H and O–H groups in total. The second-order valence-corrected chi connectivity index (χ2v) is 5.83. The second kappa shape index (κ2) is 7.55. The lowest BCUT2D eigenvalue weighted by atomic mass is 9.97. The lowest BCUT2D eigenvalue weighted by molar-refractivity contribution is 0.228. The van der Waals surface area contributed by atoms with Crippen LogP contribution >= 0.6 is 0 Å². The van der Waals surface area contributed by atoms with Crippen molar-refractivity contribution in [2.45, 2.75) is 51.7 Å². The lowest BCUT2D eigenvalue weighted by Gasteiger charge is -2.25. The fourth-order valence-corrected chi connectivity index (χ4v) is 2.80. The van der Waals surface area contributed by atoms with Crippen molar-refractivity contribution in [1.82, 2.24) is 5.32 Å². The third-order valence-electron chi connectivity index (χ3n) is 3.81. The molecule has 1 atom stereocenters. The van der Waals surface area contributed by atoms with Gasteiger partial charge in [-0.2, -0.15) is 0 Å². The van der Waals surface area contributed by atoms with Gasteiger partial charge in [0.25, 0.3) is 0 Å². The zero-order valence-corrected chi connectivity index (χ0v) is 13.6. The highest BCUT2D eigenvalue weighted by Crippen LogP contribution is 2.36. The second-order valence-electron chi connectivity index (χ2n) is 5.83. The van der Waals surface area contributed by atoms with Crippen LogP contribution in [0.15, 0.2) is 12.1 Å². The Hall–Kier alpha value is -1.42. The summed E-state index contributed by atoms with van der Waals surface area (Å²) in [5, 5.41) is 3.58. The summed E-state index contributed by atoms with van der Waals surface area (Å²) in [5.41, 5.74) is 1.17. The normalized spacial score (nSPS) is 18.6. The first-order chi connectivity index (χ1) is 10.1. The van der Waals surface area contributed by atoms with Crippen LogP contribution in [-0.4, -0.2) is 32.9 Å². The van der Waals surface area contributed by atoms with E-state index in [0.29, 0.717) is 6.04 Å². The summed E-state index contributed by atoms with van der Waals surface area (Å²) in [4.78, 5) is 0. The summed E-state index contributed by atoms with van der Waals surface area (Å²) < 4.78 is 16.8. The Kier molecular flexibility index (Phi) is 5.74. The third kappa shape index (κ3) is 4.27. The predicted octanol–water partition coefficient (Wildman–Crippen LogP) is 3.18. The monoisotopic (exact) mass is 293 g/mol. The van der Waals surface area contributed by atoms with Crippen LogP contribution in [0.5, 0.6) is 17.2 Å². The molecule has 21 heavy (non-hydrogen) atoms. The largest absolute Gasteiger partial charge is 0.496 e. The minimum absolute atomic E-state index is 0.106. The highest BCUT2D eigenvalue weighted by Gasteiger charge is 2.18. The smallest absolute Gasteiger partial charge is 0.165 e. The van der Waals surface area contributed by atoms with Crippen molar-refractivity contribution in [3.8, 4) is 17.2 Å². The molecule has 0 spiro atoms. The van der Waals surface area contributed by atoms with E-state index in [1.54, 1.807) is 14.2 Å². The van der Waals surface area contributed by atoms with E-state index >= 15 is 0 Å². The first kappa shape index (κ1) is 16.0. The molecule has 1 fully saturated rings. The zero-order valence-electron chi connectivity index (χ0n) is 13.6. The molecule has 1 aromatic carbocycles. The molecule has 1 saturated heterocycles. The van der Waals surface area contributed by atoms with Crippen molar-refractivity contribution < 1.29 is 14.2 Å². The van der Waals surface area contributed by atoms with E-state index in [0.717, 1.165) is 30.2 Å². The van der Waals surface area contributed by atoms with Crippen LogP contribution < -0.4 is 19.5 Å². The topological polar surface area (TPSA) is 39.7 Å². The third-order valence-corrected chi connectivity index (χ3v) is 3.81. The van der Waals surface area contributed by atoms with Crippen molar-refractivity contribution in [2.24, 2.45) is 0 Å². The van der Waals surface area contributed by atoms with Crippen LogP contribution in [0.1, 0.15) is 38.7 Å². The summed E-state index contributed by atoms with van der Waals surface area (Å²) >= 11 is 0. The Bertz CT molecular complexity index is 454. The van der Waals surface area contributed by atoms with Gasteiger partial charge in [0, 0.05) is 12.1 Å². The van der Waals surface area contributed by atoms with Crippen molar-refractivity contribution in [3.05, 3.63) is 17.7 Å². The van der Waals surface area contributed by atoms with Crippen LogP contribution in [0.2, 0.25) is 0 Å². The molecule has 0 aliphatic carbocycles. The molecular weight excluding hydrogens is 266 g/mol. The lowest BCUT2D eigenvalue weighted by Crippen LogP contribution is -2.35. The van der Waals surface area contributed by atoms with E-state index in [1.165, 1.54) is 24.8 Å². The summed E-state index contributed by atoms with van der Waals surface area (Å²) in [7, 11) is 3.39. The molecule has 0 saturated carbocycles. The molecule has 4 nitrogen and oxygen atoms in total. The summed E-state index contributed by atoms with van der Waals surface area (Å²) in [6.07, 6.45) is 4.86. The van der Waals surface area contributed by atoms with Crippen LogP contribution in [0.3, 0.4) is 0 Å². The molecule has 118 valence electrons. The number of hydrogen-bond acceptors (Lipinski definition) is 4. The molecule has 1 unspecified atom stereocenters. The van der Waals surface area contributed by atoms with E-state index < -0.39 is 0 Å². The van der Waals surface area contributed by atoms with Gasteiger partial charge in [0.05, 0.1) is 20.3 Å². The minimum atomic E-state index is 0.106. The highest BCUT2D eigenvalue weighted by molar-refractivity contribution is 5.51. The molecule has 0 amide bonds. The maximum atomic E-state index is 5.80.